The van der Waals surface area contributed by atoms with E-state index < -0.39 is 18.8 Å². The largest absolute Gasteiger partial charge is 0.411 e. The Hall–Kier alpha value is -0.530. The average Bonchev–Trinajstić information content (AvgIpc) is 2.77. The smallest absolute Gasteiger partial charge is 0.370 e. The minimum absolute atomic E-state index is 0. The SMILES string of the molecule is CC(COCC(F)(F)F)NC(=O)CCC1CCNC1.Cl. The lowest BCUT2D eigenvalue weighted by atomic mass is 10.0. The summed E-state index contributed by atoms with van der Waals surface area (Å²) in [6.45, 7) is 2.16. The number of alkyl halides is 3. The fraction of sp³-hybridized carbons (Fsp3) is 0.917. The molecule has 1 fully saturated rings. The zero-order valence-electron chi connectivity index (χ0n) is 11.5. The molecule has 0 aromatic rings. The maximum Gasteiger partial charge on any atom is 0.411 e. The number of amides is 1. The van der Waals surface area contributed by atoms with Crippen LogP contribution in [0.1, 0.15) is 26.2 Å². The predicted octanol–water partition coefficient (Wildman–Crippen LogP) is 1.88. The number of hydrogen-bond acceptors (Lipinski definition) is 3. The van der Waals surface area contributed by atoms with Crippen molar-refractivity contribution in [1.82, 2.24) is 10.6 Å². The molecule has 120 valence electrons. The molecule has 0 bridgehead atoms. The molecule has 4 nitrogen and oxygen atoms in total. The number of nitrogens with one attached hydrogen (secondary N) is 2. The Balaban J connectivity index is 0.00000361. The van der Waals surface area contributed by atoms with Crippen LogP contribution in [0.25, 0.3) is 0 Å². The summed E-state index contributed by atoms with van der Waals surface area (Å²) >= 11 is 0. The first-order chi connectivity index (χ1) is 8.87. The zero-order valence-corrected chi connectivity index (χ0v) is 12.3. The number of ether oxygens (including phenoxy) is 1. The van der Waals surface area contributed by atoms with Crippen LogP contribution in [0.2, 0.25) is 0 Å². The second-order valence-electron chi connectivity index (χ2n) is 5.00. The van der Waals surface area contributed by atoms with Crippen molar-refractivity contribution >= 4 is 18.3 Å². The number of carbonyl (C=O) groups excluding carboxylic acids is 1. The van der Waals surface area contributed by atoms with Crippen LogP contribution in [0.3, 0.4) is 0 Å². The number of halogens is 4. The van der Waals surface area contributed by atoms with Gasteiger partial charge in [0.2, 0.25) is 5.91 Å². The van der Waals surface area contributed by atoms with Gasteiger partial charge < -0.3 is 15.4 Å². The van der Waals surface area contributed by atoms with Crippen LogP contribution in [0.15, 0.2) is 0 Å². The molecule has 1 heterocycles. The lowest BCUT2D eigenvalue weighted by Crippen LogP contribution is -2.37. The van der Waals surface area contributed by atoms with E-state index in [9.17, 15) is 18.0 Å². The van der Waals surface area contributed by atoms with Gasteiger partial charge >= 0.3 is 6.18 Å². The van der Waals surface area contributed by atoms with Gasteiger partial charge in [-0.15, -0.1) is 12.4 Å². The first-order valence-electron chi connectivity index (χ1n) is 6.51. The highest BCUT2D eigenvalue weighted by molar-refractivity contribution is 5.85. The van der Waals surface area contributed by atoms with Gasteiger partial charge in [0.05, 0.1) is 6.61 Å². The van der Waals surface area contributed by atoms with Gasteiger partial charge in [-0.25, -0.2) is 0 Å². The highest BCUT2D eigenvalue weighted by atomic mass is 35.5. The van der Waals surface area contributed by atoms with Crippen molar-refractivity contribution in [3.05, 3.63) is 0 Å². The highest BCUT2D eigenvalue weighted by Crippen LogP contribution is 2.15. The summed E-state index contributed by atoms with van der Waals surface area (Å²) in [6.07, 6.45) is -2.01. The Morgan fingerprint density at radius 1 is 1.50 bits per heavy atom. The van der Waals surface area contributed by atoms with Crippen LogP contribution in [-0.2, 0) is 9.53 Å². The fourth-order valence-electron chi connectivity index (χ4n) is 2.04. The predicted molar refractivity (Wildman–Crippen MR) is 71.9 cm³/mol. The van der Waals surface area contributed by atoms with Gasteiger partial charge in [0.15, 0.2) is 0 Å². The third kappa shape index (κ3) is 9.39. The van der Waals surface area contributed by atoms with Gasteiger partial charge in [-0.2, -0.15) is 13.2 Å². The Bertz CT molecular complexity index is 284. The van der Waals surface area contributed by atoms with Crippen molar-refractivity contribution in [2.24, 2.45) is 5.92 Å². The van der Waals surface area contributed by atoms with Crippen molar-refractivity contribution in [2.75, 3.05) is 26.3 Å². The maximum atomic E-state index is 11.8. The Kier molecular flexibility index (Phi) is 9.16. The second kappa shape index (κ2) is 9.41. The van der Waals surface area contributed by atoms with Gasteiger partial charge in [0, 0.05) is 12.5 Å². The second-order valence-corrected chi connectivity index (χ2v) is 5.00. The maximum absolute atomic E-state index is 11.8. The van der Waals surface area contributed by atoms with Crippen LogP contribution in [0.4, 0.5) is 13.2 Å². The Morgan fingerprint density at radius 2 is 2.20 bits per heavy atom. The van der Waals surface area contributed by atoms with Crippen LogP contribution in [0.5, 0.6) is 0 Å². The van der Waals surface area contributed by atoms with E-state index in [-0.39, 0.29) is 24.9 Å². The molecule has 2 atom stereocenters. The molecule has 8 heteroatoms. The van der Waals surface area contributed by atoms with Crippen LogP contribution < -0.4 is 10.6 Å². The van der Waals surface area contributed by atoms with Gasteiger partial charge in [0.25, 0.3) is 0 Å². The molecule has 0 radical (unpaired) electrons. The molecule has 1 aliphatic rings. The quantitative estimate of drug-likeness (QED) is 0.753. The molecule has 0 saturated carbocycles. The van der Waals surface area contributed by atoms with E-state index in [1.54, 1.807) is 6.92 Å². The standard InChI is InChI=1S/C12H21F3N2O2.ClH/c1-9(7-19-8-12(13,14)15)17-11(18)3-2-10-4-5-16-6-10;/h9-10,16H,2-8H2,1H3,(H,17,18);1H. The van der Waals surface area contributed by atoms with E-state index in [0.29, 0.717) is 12.3 Å². The van der Waals surface area contributed by atoms with Crippen LogP contribution in [0, 0.1) is 5.92 Å². The molecule has 0 aliphatic carbocycles. The van der Waals surface area contributed by atoms with Gasteiger partial charge in [-0.3, -0.25) is 4.79 Å². The molecule has 2 N–H and O–H groups in total. The monoisotopic (exact) mass is 318 g/mol. The molecular formula is C12H22ClF3N2O2. The van der Waals surface area contributed by atoms with Crippen molar-refractivity contribution in [2.45, 2.75) is 38.4 Å². The van der Waals surface area contributed by atoms with E-state index in [1.807, 2.05) is 0 Å². The molecule has 20 heavy (non-hydrogen) atoms. The minimum Gasteiger partial charge on any atom is -0.370 e. The first-order valence-corrected chi connectivity index (χ1v) is 6.51. The Morgan fingerprint density at radius 3 is 2.75 bits per heavy atom. The first kappa shape index (κ1) is 19.5. The summed E-state index contributed by atoms with van der Waals surface area (Å²) in [5.41, 5.74) is 0. The van der Waals surface area contributed by atoms with E-state index in [2.05, 4.69) is 15.4 Å². The summed E-state index contributed by atoms with van der Waals surface area (Å²) in [6, 6.07) is -0.406. The molecule has 1 saturated heterocycles. The molecule has 1 rings (SSSR count). The number of rotatable bonds is 7. The molecule has 2 unspecified atom stereocenters. The molecule has 0 aromatic carbocycles. The minimum atomic E-state index is -4.32. The van der Waals surface area contributed by atoms with E-state index >= 15 is 0 Å². The van der Waals surface area contributed by atoms with E-state index in [1.165, 1.54) is 0 Å². The van der Waals surface area contributed by atoms with Gasteiger partial charge in [0.1, 0.15) is 6.61 Å². The summed E-state index contributed by atoms with van der Waals surface area (Å²) in [4.78, 5) is 11.6. The summed E-state index contributed by atoms with van der Waals surface area (Å²) in [7, 11) is 0. The summed E-state index contributed by atoms with van der Waals surface area (Å²) in [5.74, 6) is 0.401. The van der Waals surface area contributed by atoms with Crippen molar-refractivity contribution in [3.63, 3.8) is 0 Å². The Labute approximate surface area is 123 Å². The molecular weight excluding hydrogens is 297 g/mol. The number of carbonyl (C=O) groups is 1. The molecule has 0 spiro atoms. The van der Waals surface area contributed by atoms with Gasteiger partial charge in [-0.1, -0.05) is 0 Å². The number of hydrogen-bond donors (Lipinski definition) is 2. The fourth-order valence-corrected chi connectivity index (χ4v) is 2.04. The van der Waals surface area contributed by atoms with Gasteiger partial charge in [-0.05, 0) is 38.8 Å². The zero-order chi connectivity index (χ0) is 14.3. The van der Waals surface area contributed by atoms with Crippen LogP contribution in [-0.4, -0.2) is 44.4 Å². The molecule has 1 aliphatic heterocycles. The highest BCUT2D eigenvalue weighted by Gasteiger charge is 2.27. The third-order valence-electron chi connectivity index (χ3n) is 2.98. The topological polar surface area (TPSA) is 50.4 Å². The molecule has 1 amide bonds. The summed E-state index contributed by atoms with van der Waals surface area (Å²) in [5, 5.41) is 5.86. The van der Waals surface area contributed by atoms with Crippen molar-refractivity contribution < 1.29 is 22.7 Å². The van der Waals surface area contributed by atoms with Crippen molar-refractivity contribution in [3.8, 4) is 0 Å². The molecule has 0 aromatic heterocycles. The summed E-state index contributed by atoms with van der Waals surface area (Å²) < 4.78 is 40.0. The van der Waals surface area contributed by atoms with Crippen molar-refractivity contribution in [1.29, 1.82) is 0 Å². The third-order valence-corrected chi connectivity index (χ3v) is 2.98. The van der Waals surface area contributed by atoms with E-state index in [0.717, 1.165) is 25.9 Å². The van der Waals surface area contributed by atoms with E-state index in [4.69, 9.17) is 0 Å². The average molecular weight is 319 g/mol. The lowest BCUT2D eigenvalue weighted by molar-refractivity contribution is -0.175. The lowest BCUT2D eigenvalue weighted by Gasteiger charge is -2.15. The van der Waals surface area contributed by atoms with Crippen LogP contribution >= 0.6 is 12.4 Å². The normalized spacial score (nSPS) is 20.3.